The number of carbonyl (C=O) groups excluding carboxylic acids is 1. The standard InChI is InChI=1S/C17H21Cl2NO2/c1-10-7-13(4-6-22-10)17(21)20-5-3-12-8-15(18)16(19)9-14(12)11(20)2/h8-11,13H,3-7H2,1-2H3/t10-,11+,13+/m1/s1. The van der Waals surface area contributed by atoms with Gasteiger partial charge in [0.25, 0.3) is 0 Å². The molecule has 1 saturated heterocycles. The van der Waals surface area contributed by atoms with Crippen molar-refractivity contribution < 1.29 is 9.53 Å². The van der Waals surface area contributed by atoms with Crippen molar-refractivity contribution in [2.24, 2.45) is 5.92 Å². The fourth-order valence-corrected chi connectivity index (χ4v) is 3.93. The average Bonchev–Trinajstić information content (AvgIpc) is 2.49. The normalized spacial score (nSPS) is 28.4. The van der Waals surface area contributed by atoms with E-state index in [1.165, 1.54) is 5.56 Å². The third kappa shape index (κ3) is 2.99. The van der Waals surface area contributed by atoms with Crippen LogP contribution in [0.25, 0.3) is 0 Å². The summed E-state index contributed by atoms with van der Waals surface area (Å²) in [6, 6.07) is 3.90. The Morgan fingerprint density at radius 2 is 2.00 bits per heavy atom. The molecule has 0 spiro atoms. The molecular weight excluding hydrogens is 321 g/mol. The summed E-state index contributed by atoms with van der Waals surface area (Å²) in [5.41, 5.74) is 2.32. The summed E-state index contributed by atoms with van der Waals surface area (Å²) in [7, 11) is 0. The molecule has 3 atom stereocenters. The summed E-state index contributed by atoms with van der Waals surface area (Å²) in [6.45, 7) is 5.54. The molecule has 0 bridgehead atoms. The molecule has 2 heterocycles. The topological polar surface area (TPSA) is 29.5 Å². The highest BCUT2D eigenvalue weighted by molar-refractivity contribution is 6.42. The predicted molar refractivity (Wildman–Crippen MR) is 88.4 cm³/mol. The number of carbonyl (C=O) groups is 1. The van der Waals surface area contributed by atoms with Crippen molar-refractivity contribution in [3.05, 3.63) is 33.3 Å². The Morgan fingerprint density at radius 1 is 1.27 bits per heavy atom. The zero-order valence-corrected chi connectivity index (χ0v) is 14.5. The summed E-state index contributed by atoms with van der Waals surface area (Å²) >= 11 is 12.3. The molecule has 0 aromatic heterocycles. The van der Waals surface area contributed by atoms with Crippen molar-refractivity contribution in [1.29, 1.82) is 0 Å². The molecule has 1 aromatic rings. The van der Waals surface area contributed by atoms with Gasteiger partial charge < -0.3 is 9.64 Å². The summed E-state index contributed by atoms with van der Waals surface area (Å²) in [5, 5.41) is 1.15. The molecule has 0 unspecified atom stereocenters. The second-order valence-electron chi connectivity index (χ2n) is 6.33. The number of fused-ring (bicyclic) bond motifs is 1. The second-order valence-corrected chi connectivity index (χ2v) is 7.14. The first-order chi connectivity index (χ1) is 10.5. The lowest BCUT2D eigenvalue weighted by Crippen LogP contribution is -2.44. The number of amides is 1. The zero-order valence-electron chi connectivity index (χ0n) is 12.9. The summed E-state index contributed by atoms with van der Waals surface area (Å²) in [4.78, 5) is 14.9. The third-order valence-electron chi connectivity index (χ3n) is 4.84. The molecule has 2 aliphatic rings. The van der Waals surface area contributed by atoms with E-state index in [2.05, 4.69) is 6.92 Å². The molecule has 5 heteroatoms. The average molecular weight is 342 g/mol. The minimum absolute atomic E-state index is 0.0455. The monoisotopic (exact) mass is 341 g/mol. The lowest BCUT2D eigenvalue weighted by atomic mass is 9.89. The number of hydrogen-bond donors (Lipinski definition) is 0. The minimum atomic E-state index is 0.0455. The summed E-state index contributed by atoms with van der Waals surface area (Å²) < 4.78 is 5.55. The molecule has 1 aromatic carbocycles. The number of nitrogens with zero attached hydrogens (tertiary/aromatic N) is 1. The maximum atomic E-state index is 12.9. The van der Waals surface area contributed by atoms with Crippen LogP contribution in [-0.2, 0) is 16.0 Å². The van der Waals surface area contributed by atoms with Gasteiger partial charge in [0.05, 0.1) is 22.2 Å². The van der Waals surface area contributed by atoms with Crippen LogP contribution in [0.2, 0.25) is 10.0 Å². The maximum absolute atomic E-state index is 12.9. The van der Waals surface area contributed by atoms with Crippen LogP contribution in [0.4, 0.5) is 0 Å². The Kier molecular flexibility index (Phi) is 4.67. The Hall–Kier alpha value is -0.770. The molecule has 0 radical (unpaired) electrons. The molecule has 1 amide bonds. The first-order valence-electron chi connectivity index (χ1n) is 7.87. The number of ether oxygens (including phenoxy) is 1. The van der Waals surface area contributed by atoms with Crippen LogP contribution in [0.15, 0.2) is 12.1 Å². The first-order valence-corrected chi connectivity index (χ1v) is 8.63. The van der Waals surface area contributed by atoms with Crippen LogP contribution < -0.4 is 0 Å². The van der Waals surface area contributed by atoms with Gasteiger partial charge in [0, 0.05) is 19.1 Å². The maximum Gasteiger partial charge on any atom is 0.226 e. The third-order valence-corrected chi connectivity index (χ3v) is 5.56. The molecule has 1 fully saturated rings. The number of hydrogen-bond acceptors (Lipinski definition) is 2. The molecule has 0 N–H and O–H groups in total. The van der Waals surface area contributed by atoms with Crippen molar-refractivity contribution in [2.75, 3.05) is 13.2 Å². The van der Waals surface area contributed by atoms with Gasteiger partial charge in [-0.25, -0.2) is 0 Å². The van der Waals surface area contributed by atoms with Gasteiger partial charge in [0.15, 0.2) is 0 Å². The Balaban J connectivity index is 1.81. The highest BCUT2D eigenvalue weighted by atomic mass is 35.5. The van der Waals surface area contributed by atoms with Crippen LogP contribution in [0.3, 0.4) is 0 Å². The summed E-state index contributed by atoms with van der Waals surface area (Å²) in [5.74, 6) is 0.329. The zero-order chi connectivity index (χ0) is 15.9. The van der Waals surface area contributed by atoms with E-state index in [9.17, 15) is 4.79 Å². The van der Waals surface area contributed by atoms with E-state index in [0.29, 0.717) is 16.7 Å². The van der Waals surface area contributed by atoms with Crippen molar-refractivity contribution in [3.63, 3.8) is 0 Å². The highest BCUT2D eigenvalue weighted by Gasteiger charge is 2.34. The largest absolute Gasteiger partial charge is 0.378 e. The minimum Gasteiger partial charge on any atom is -0.378 e. The van der Waals surface area contributed by atoms with Crippen molar-refractivity contribution in [1.82, 2.24) is 4.90 Å². The Bertz CT molecular complexity index is 590. The quantitative estimate of drug-likeness (QED) is 0.763. The van der Waals surface area contributed by atoms with Gasteiger partial charge in [-0.1, -0.05) is 23.2 Å². The van der Waals surface area contributed by atoms with Crippen LogP contribution in [0.1, 0.15) is 43.9 Å². The SMILES string of the molecule is C[C@@H]1C[C@@H](C(=O)N2CCc3cc(Cl)c(Cl)cc3[C@@H]2C)CCO1. The van der Waals surface area contributed by atoms with Crippen LogP contribution in [0.5, 0.6) is 0 Å². The molecule has 22 heavy (non-hydrogen) atoms. The van der Waals surface area contributed by atoms with Crippen LogP contribution >= 0.6 is 23.2 Å². The smallest absolute Gasteiger partial charge is 0.226 e. The van der Waals surface area contributed by atoms with E-state index in [4.69, 9.17) is 27.9 Å². The van der Waals surface area contributed by atoms with E-state index in [1.54, 1.807) is 0 Å². The number of rotatable bonds is 1. The van der Waals surface area contributed by atoms with Gasteiger partial charge >= 0.3 is 0 Å². The van der Waals surface area contributed by atoms with E-state index in [-0.39, 0.29) is 24.0 Å². The van der Waals surface area contributed by atoms with E-state index in [1.807, 2.05) is 24.0 Å². The van der Waals surface area contributed by atoms with Crippen molar-refractivity contribution >= 4 is 29.1 Å². The van der Waals surface area contributed by atoms with Crippen molar-refractivity contribution in [3.8, 4) is 0 Å². The fraction of sp³-hybridized carbons (Fsp3) is 0.588. The first kappa shape index (κ1) is 16.1. The van der Waals surface area contributed by atoms with E-state index >= 15 is 0 Å². The van der Waals surface area contributed by atoms with Gasteiger partial charge in [-0.15, -0.1) is 0 Å². The van der Waals surface area contributed by atoms with E-state index < -0.39 is 0 Å². The number of halogens is 2. The van der Waals surface area contributed by atoms with Crippen LogP contribution in [0, 0.1) is 5.92 Å². The highest BCUT2D eigenvalue weighted by Crippen LogP contribution is 2.36. The molecule has 2 aliphatic heterocycles. The lowest BCUT2D eigenvalue weighted by Gasteiger charge is -2.39. The van der Waals surface area contributed by atoms with Gasteiger partial charge in [-0.05, 0) is 56.4 Å². The number of benzene rings is 1. The van der Waals surface area contributed by atoms with Gasteiger partial charge in [0.2, 0.25) is 5.91 Å². The molecular formula is C17H21Cl2NO2. The molecule has 3 nitrogen and oxygen atoms in total. The molecule has 120 valence electrons. The van der Waals surface area contributed by atoms with E-state index in [0.717, 1.165) is 31.4 Å². The van der Waals surface area contributed by atoms with Crippen LogP contribution in [-0.4, -0.2) is 30.1 Å². The Labute approximate surface area is 141 Å². The van der Waals surface area contributed by atoms with Gasteiger partial charge in [-0.2, -0.15) is 0 Å². The molecule has 3 rings (SSSR count). The fourth-order valence-electron chi connectivity index (χ4n) is 3.57. The Morgan fingerprint density at radius 3 is 2.73 bits per heavy atom. The van der Waals surface area contributed by atoms with Crippen molar-refractivity contribution in [2.45, 2.75) is 45.3 Å². The van der Waals surface area contributed by atoms with Gasteiger partial charge in [-0.3, -0.25) is 4.79 Å². The molecule has 0 saturated carbocycles. The molecule has 0 aliphatic carbocycles. The predicted octanol–water partition coefficient (Wildman–Crippen LogP) is 4.25. The van der Waals surface area contributed by atoms with Gasteiger partial charge in [0.1, 0.15) is 0 Å². The summed E-state index contributed by atoms with van der Waals surface area (Å²) in [6.07, 6.45) is 2.64. The lowest BCUT2D eigenvalue weighted by molar-refractivity contribution is -0.143. The second kappa shape index (κ2) is 6.38.